The highest BCUT2D eigenvalue weighted by Gasteiger charge is 2.15. The summed E-state index contributed by atoms with van der Waals surface area (Å²) >= 11 is 5.90. The van der Waals surface area contributed by atoms with Crippen LogP contribution < -0.4 is 10.6 Å². The number of rotatable bonds is 3. The number of aryl methyl sites for hydroxylation is 1. The smallest absolute Gasteiger partial charge is 0.251 e. The van der Waals surface area contributed by atoms with Gasteiger partial charge in [0.2, 0.25) is 0 Å². The van der Waals surface area contributed by atoms with E-state index in [0.717, 1.165) is 18.7 Å². The summed E-state index contributed by atoms with van der Waals surface area (Å²) in [6.45, 7) is 4.74. The Morgan fingerprint density at radius 2 is 2.44 bits per heavy atom. The number of amides is 1. The van der Waals surface area contributed by atoms with Gasteiger partial charge in [-0.3, -0.25) is 4.79 Å². The fourth-order valence-corrected chi connectivity index (χ4v) is 2.06. The van der Waals surface area contributed by atoms with Crippen molar-refractivity contribution in [2.75, 3.05) is 26.2 Å². The van der Waals surface area contributed by atoms with E-state index in [1.165, 1.54) is 0 Å². The van der Waals surface area contributed by atoms with Crippen molar-refractivity contribution in [2.24, 2.45) is 0 Å². The molecule has 0 spiro atoms. The number of benzene rings is 1. The molecule has 0 aromatic heterocycles. The lowest BCUT2D eigenvalue weighted by Gasteiger charge is -2.23. The monoisotopic (exact) mass is 268 g/mol. The van der Waals surface area contributed by atoms with Crippen molar-refractivity contribution in [3.05, 3.63) is 34.3 Å². The minimum Gasteiger partial charge on any atom is -0.374 e. The number of carbonyl (C=O) groups excluding carboxylic acids is 1. The molecular weight excluding hydrogens is 252 g/mol. The minimum absolute atomic E-state index is 0.0437. The number of hydrogen-bond acceptors (Lipinski definition) is 3. The van der Waals surface area contributed by atoms with Gasteiger partial charge in [-0.05, 0) is 24.6 Å². The zero-order chi connectivity index (χ0) is 13.0. The number of nitrogens with one attached hydrogen (secondary N) is 2. The van der Waals surface area contributed by atoms with Gasteiger partial charge in [-0.15, -0.1) is 0 Å². The van der Waals surface area contributed by atoms with Crippen molar-refractivity contribution >= 4 is 17.5 Å². The molecule has 2 rings (SSSR count). The van der Waals surface area contributed by atoms with E-state index in [4.69, 9.17) is 16.3 Å². The van der Waals surface area contributed by atoms with Gasteiger partial charge >= 0.3 is 0 Å². The summed E-state index contributed by atoms with van der Waals surface area (Å²) in [5.41, 5.74) is 1.53. The first-order valence-electron chi connectivity index (χ1n) is 6.03. The van der Waals surface area contributed by atoms with Crippen LogP contribution in [-0.4, -0.2) is 38.3 Å². The Kier molecular flexibility index (Phi) is 4.58. The van der Waals surface area contributed by atoms with Gasteiger partial charge in [0, 0.05) is 30.2 Å². The van der Waals surface area contributed by atoms with Crippen LogP contribution in [0.3, 0.4) is 0 Å². The van der Waals surface area contributed by atoms with Gasteiger partial charge in [-0.2, -0.15) is 0 Å². The van der Waals surface area contributed by atoms with Crippen molar-refractivity contribution < 1.29 is 9.53 Å². The van der Waals surface area contributed by atoms with Crippen molar-refractivity contribution in [1.82, 2.24) is 10.6 Å². The highest BCUT2D eigenvalue weighted by molar-refractivity contribution is 6.31. The summed E-state index contributed by atoms with van der Waals surface area (Å²) < 4.78 is 5.51. The average molecular weight is 269 g/mol. The van der Waals surface area contributed by atoms with Gasteiger partial charge in [-0.1, -0.05) is 17.7 Å². The summed E-state index contributed by atoms with van der Waals surface area (Å²) in [5.74, 6) is -0.107. The molecule has 1 aliphatic heterocycles. The lowest BCUT2D eigenvalue weighted by atomic mass is 10.1. The highest BCUT2D eigenvalue weighted by Crippen LogP contribution is 2.15. The molecule has 0 radical (unpaired) electrons. The van der Waals surface area contributed by atoms with Gasteiger partial charge in [0.25, 0.3) is 5.91 Å². The van der Waals surface area contributed by atoms with Crippen LogP contribution in [-0.2, 0) is 4.74 Å². The lowest BCUT2D eigenvalue weighted by Crippen LogP contribution is -2.45. The number of hydrogen-bond donors (Lipinski definition) is 2. The van der Waals surface area contributed by atoms with Crippen LogP contribution in [0.1, 0.15) is 15.9 Å². The Balaban J connectivity index is 1.92. The molecule has 1 amide bonds. The second-order valence-corrected chi connectivity index (χ2v) is 4.80. The first-order chi connectivity index (χ1) is 8.66. The van der Waals surface area contributed by atoms with Crippen LogP contribution in [0.4, 0.5) is 0 Å². The summed E-state index contributed by atoms with van der Waals surface area (Å²) in [4.78, 5) is 12.0. The Bertz CT molecular complexity index is 431. The second-order valence-electron chi connectivity index (χ2n) is 4.37. The Labute approximate surface area is 112 Å². The molecule has 1 saturated heterocycles. The molecule has 98 valence electrons. The third-order valence-corrected chi connectivity index (χ3v) is 3.17. The van der Waals surface area contributed by atoms with Crippen molar-refractivity contribution in [2.45, 2.75) is 13.0 Å². The molecule has 1 fully saturated rings. The molecule has 18 heavy (non-hydrogen) atoms. The van der Waals surface area contributed by atoms with E-state index in [0.29, 0.717) is 23.7 Å². The van der Waals surface area contributed by atoms with Crippen LogP contribution in [0.15, 0.2) is 18.2 Å². The SMILES string of the molecule is Cc1ccc(Cl)cc1C(=O)NCC1CNCCO1. The fourth-order valence-electron chi connectivity index (χ4n) is 1.89. The maximum Gasteiger partial charge on any atom is 0.251 e. The molecule has 0 aliphatic carbocycles. The van der Waals surface area contributed by atoms with Gasteiger partial charge < -0.3 is 15.4 Å². The maximum atomic E-state index is 12.0. The van der Waals surface area contributed by atoms with Gasteiger partial charge in [-0.25, -0.2) is 0 Å². The van der Waals surface area contributed by atoms with Gasteiger partial charge in [0.1, 0.15) is 0 Å². The maximum absolute atomic E-state index is 12.0. The van der Waals surface area contributed by atoms with E-state index in [9.17, 15) is 4.79 Å². The van der Waals surface area contributed by atoms with E-state index in [1.807, 2.05) is 13.0 Å². The predicted octanol–water partition coefficient (Wildman–Crippen LogP) is 1.37. The molecule has 0 bridgehead atoms. The van der Waals surface area contributed by atoms with Crippen molar-refractivity contribution in [3.8, 4) is 0 Å². The lowest BCUT2D eigenvalue weighted by molar-refractivity contribution is 0.0287. The average Bonchev–Trinajstić information content (AvgIpc) is 2.40. The summed E-state index contributed by atoms with van der Waals surface area (Å²) in [6.07, 6.45) is 0.0437. The van der Waals surface area contributed by atoms with Crippen LogP contribution in [0.2, 0.25) is 5.02 Å². The molecule has 0 saturated carbocycles. The first-order valence-corrected chi connectivity index (χ1v) is 6.41. The Hall–Kier alpha value is -1.10. The molecule has 1 aliphatic rings. The van der Waals surface area contributed by atoms with Gasteiger partial charge in [0.05, 0.1) is 12.7 Å². The Morgan fingerprint density at radius 3 is 3.17 bits per heavy atom. The number of ether oxygens (including phenoxy) is 1. The predicted molar refractivity (Wildman–Crippen MR) is 71.1 cm³/mol. The van der Waals surface area contributed by atoms with Crippen molar-refractivity contribution in [1.29, 1.82) is 0 Å². The molecule has 1 unspecified atom stereocenters. The van der Waals surface area contributed by atoms with E-state index < -0.39 is 0 Å². The molecular formula is C13H17ClN2O2. The highest BCUT2D eigenvalue weighted by atomic mass is 35.5. The Morgan fingerprint density at radius 1 is 1.61 bits per heavy atom. The molecule has 1 aromatic rings. The molecule has 1 heterocycles. The van der Waals surface area contributed by atoms with E-state index >= 15 is 0 Å². The van der Waals surface area contributed by atoms with Gasteiger partial charge in [0.15, 0.2) is 0 Å². The third-order valence-electron chi connectivity index (χ3n) is 2.94. The standard InChI is InChI=1S/C13H17ClN2O2/c1-9-2-3-10(14)6-12(9)13(17)16-8-11-7-15-4-5-18-11/h2-3,6,11,15H,4-5,7-8H2,1H3,(H,16,17). The number of carbonyl (C=O) groups is 1. The molecule has 1 atom stereocenters. The zero-order valence-corrected chi connectivity index (χ0v) is 11.1. The summed E-state index contributed by atoms with van der Waals surface area (Å²) in [7, 11) is 0. The van der Waals surface area contributed by atoms with E-state index in [1.54, 1.807) is 12.1 Å². The molecule has 2 N–H and O–H groups in total. The largest absolute Gasteiger partial charge is 0.374 e. The minimum atomic E-state index is -0.107. The van der Waals surface area contributed by atoms with Crippen LogP contribution in [0.25, 0.3) is 0 Å². The van der Waals surface area contributed by atoms with Crippen LogP contribution >= 0.6 is 11.6 Å². The van der Waals surface area contributed by atoms with E-state index in [2.05, 4.69) is 10.6 Å². The number of morpholine rings is 1. The van der Waals surface area contributed by atoms with E-state index in [-0.39, 0.29) is 12.0 Å². The zero-order valence-electron chi connectivity index (χ0n) is 10.3. The first kappa shape index (κ1) is 13.3. The van der Waals surface area contributed by atoms with Crippen molar-refractivity contribution in [3.63, 3.8) is 0 Å². The van der Waals surface area contributed by atoms with Crippen LogP contribution in [0, 0.1) is 6.92 Å². The normalized spacial score (nSPS) is 19.6. The topological polar surface area (TPSA) is 50.4 Å². The number of halogens is 1. The second kappa shape index (κ2) is 6.18. The van der Waals surface area contributed by atoms with Crippen LogP contribution in [0.5, 0.6) is 0 Å². The quantitative estimate of drug-likeness (QED) is 0.871. The fraction of sp³-hybridized carbons (Fsp3) is 0.462. The molecule has 4 nitrogen and oxygen atoms in total. The molecule has 1 aromatic carbocycles. The summed E-state index contributed by atoms with van der Waals surface area (Å²) in [6, 6.07) is 5.31. The molecule has 5 heteroatoms. The third kappa shape index (κ3) is 3.45. The summed E-state index contributed by atoms with van der Waals surface area (Å²) in [5, 5.41) is 6.67.